The number of ether oxygens (including phenoxy) is 1. The van der Waals surface area contributed by atoms with Crippen molar-refractivity contribution in [1.29, 1.82) is 0 Å². The molecular formula is C17H23FN2O. The molecule has 1 atom stereocenters. The number of hydrogen-bond donors (Lipinski definition) is 1. The van der Waals surface area contributed by atoms with Crippen LogP contribution < -0.4 is 10.1 Å². The molecule has 0 bridgehead atoms. The summed E-state index contributed by atoms with van der Waals surface area (Å²) in [6, 6.07) is 9.35. The molecule has 4 heteroatoms. The summed E-state index contributed by atoms with van der Waals surface area (Å²) in [5.41, 5.74) is 2.17. The minimum absolute atomic E-state index is 0.0791. The Morgan fingerprint density at radius 3 is 2.81 bits per heavy atom. The van der Waals surface area contributed by atoms with Gasteiger partial charge in [0.05, 0.1) is 7.11 Å². The Labute approximate surface area is 125 Å². The second kappa shape index (κ2) is 7.27. The average Bonchev–Trinajstić information content (AvgIpc) is 2.92. The molecule has 0 saturated heterocycles. The van der Waals surface area contributed by atoms with Crippen molar-refractivity contribution in [1.82, 2.24) is 9.88 Å². The van der Waals surface area contributed by atoms with Gasteiger partial charge in [-0.3, -0.25) is 0 Å². The van der Waals surface area contributed by atoms with Gasteiger partial charge in [-0.25, -0.2) is 4.39 Å². The molecule has 1 N–H and O–H groups in total. The number of methoxy groups -OCH3 is 1. The zero-order chi connectivity index (χ0) is 15.2. The van der Waals surface area contributed by atoms with Gasteiger partial charge in [0.1, 0.15) is 0 Å². The first kappa shape index (κ1) is 15.6. The summed E-state index contributed by atoms with van der Waals surface area (Å²) in [6.45, 7) is 5.99. The Morgan fingerprint density at radius 2 is 2.14 bits per heavy atom. The van der Waals surface area contributed by atoms with Crippen LogP contribution in [-0.4, -0.2) is 11.7 Å². The van der Waals surface area contributed by atoms with Gasteiger partial charge < -0.3 is 14.6 Å². The first-order valence-electron chi connectivity index (χ1n) is 7.36. The minimum Gasteiger partial charge on any atom is -0.494 e. The lowest BCUT2D eigenvalue weighted by molar-refractivity contribution is 0.385. The number of nitrogens with one attached hydrogen (secondary N) is 1. The molecule has 0 fully saturated rings. The second-order valence-corrected chi connectivity index (χ2v) is 5.19. The molecule has 1 aromatic carbocycles. The summed E-state index contributed by atoms with van der Waals surface area (Å²) < 4.78 is 20.9. The average molecular weight is 290 g/mol. The van der Waals surface area contributed by atoms with E-state index in [-0.39, 0.29) is 17.6 Å². The molecule has 2 rings (SSSR count). The number of rotatable bonds is 7. The fourth-order valence-electron chi connectivity index (χ4n) is 2.40. The third-order valence-corrected chi connectivity index (χ3v) is 3.65. The molecule has 1 aromatic heterocycles. The van der Waals surface area contributed by atoms with Crippen LogP contribution in [0.4, 0.5) is 4.39 Å². The van der Waals surface area contributed by atoms with Gasteiger partial charge in [0.2, 0.25) is 0 Å². The van der Waals surface area contributed by atoms with E-state index in [0.717, 1.165) is 25.1 Å². The van der Waals surface area contributed by atoms with E-state index in [1.54, 1.807) is 6.07 Å². The third-order valence-electron chi connectivity index (χ3n) is 3.65. The van der Waals surface area contributed by atoms with Gasteiger partial charge in [0, 0.05) is 31.0 Å². The van der Waals surface area contributed by atoms with Crippen molar-refractivity contribution in [2.75, 3.05) is 7.11 Å². The van der Waals surface area contributed by atoms with Gasteiger partial charge >= 0.3 is 0 Å². The van der Waals surface area contributed by atoms with Crippen LogP contribution in [0.25, 0.3) is 0 Å². The number of aryl methyl sites for hydroxylation is 1. The summed E-state index contributed by atoms with van der Waals surface area (Å²) in [4.78, 5) is 0. The Bertz CT molecular complexity index is 580. The van der Waals surface area contributed by atoms with Gasteiger partial charge in [-0.05, 0) is 43.2 Å². The predicted molar refractivity (Wildman–Crippen MR) is 82.9 cm³/mol. The Hall–Kier alpha value is -1.81. The van der Waals surface area contributed by atoms with Crippen molar-refractivity contribution in [2.24, 2.45) is 0 Å². The van der Waals surface area contributed by atoms with Crippen molar-refractivity contribution < 1.29 is 9.13 Å². The van der Waals surface area contributed by atoms with Gasteiger partial charge in [-0.2, -0.15) is 0 Å². The van der Waals surface area contributed by atoms with Crippen molar-refractivity contribution in [2.45, 2.75) is 39.4 Å². The van der Waals surface area contributed by atoms with Crippen molar-refractivity contribution >= 4 is 0 Å². The summed E-state index contributed by atoms with van der Waals surface area (Å²) >= 11 is 0. The molecule has 1 heterocycles. The first-order chi connectivity index (χ1) is 10.2. The molecule has 0 amide bonds. The molecular weight excluding hydrogens is 267 g/mol. The number of aromatic nitrogens is 1. The van der Waals surface area contributed by atoms with Crippen LogP contribution >= 0.6 is 0 Å². The topological polar surface area (TPSA) is 26.2 Å². The number of benzene rings is 1. The lowest BCUT2D eigenvalue weighted by atomic mass is 10.1. The first-order valence-corrected chi connectivity index (χ1v) is 7.36. The van der Waals surface area contributed by atoms with E-state index in [2.05, 4.69) is 35.1 Å². The van der Waals surface area contributed by atoms with Crippen LogP contribution in [0.15, 0.2) is 36.5 Å². The largest absolute Gasteiger partial charge is 0.494 e. The zero-order valence-corrected chi connectivity index (χ0v) is 12.9. The molecule has 0 aliphatic heterocycles. The lowest BCUT2D eigenvalue weighted by Crippen LogP contribution is -2.20. The van der Waals surface area contributed by atoms with Crippen LogP contribution in [0.5, 0.6) is 5.75 Å². The van der Waals surface area contributed by atoms with Crippen LogP contribution in [0.3, 0.4) is 0 Å². The second-order valence-electron chi connectivity index (χ2n) is 5.19. The maximum absolute atomic E-state index is 13.7. The normalized spacial score (nSPS) is 12.4. The molecule has 21 heavy (non-hydrogen) atoms. The van der Waals surface area contributed by atoms with Crippen molar-refractivity contribution in [3.05, 3.63) is 53.6 Å². The van der Waals surface area contributed by atoms with E-state index >= 15 is 0 Å². The summed E-state index contributed by atoms with van der Waals surface area (Å²) in [7, 11) is 1.47. The molecule has 0 saturated carbocycles. The van der Waals surface area contributed by atoms with Gasteiger partial charge in [0.25, 0.3) is 0 Å². The maximum atomic E-state index is 13.7. The molecule has 0 radical (unpaired) electrons. The molecule has 1 unspecified atom stereocenters. The van der Waals surface area contributed by atoms with E-state index in [1.165, 1.54) is 18.9 Å². The monoisotopic (exact) mass is 290 g/mol. The van der Waals surface area contributed by atoms with Gasteiger partial charge in [-0.1, -0.05) is 13.0 Å². The highest BCUT2D eigenvalue weighted by Gasteiger charge is 2.10. The highest BCUT2D eigenvalue weighted by molar-refractivity contribution is 5.30. The molecule has 0 spiro atoms. The highest BCUT2D eigenvalue weighted by atomic mass is 19.1. The lowest BCUT2D eigenvalue weighted by Gasteiger charge is -2.16. The summed E-state index contributed by atoms with van der Waals surface area (Å²) in [6.07, 6.45) is 3.21. The molecule has 114 valence electrons. The molecule has 3 nitrogen and oxygen atoms in total. The van der Waals surface area contributed by atoms with Gasteiger partial charge in [0.15, 0.2) is 11.6 Å². The van der Waals surface area contributed by atoms with Crippen LogP contribution in [-0.2, 0) is 13.1 Å². The number of hydrogen-bond acceptors (Lipinski definition) is 2. The summed E-state index contributed by atoms with van der Waals surface area (Å²) in [5, 5.41) is 3.44. The van der Waals surface area contributed by atoms with E-state index < -0.39 is 0 Å². The van der Waals surface area contributed by atoms with Crippen LogP contribution in [0.2, 0.25) is 0 Å². The SMILES string of the molecule is CCCn1cccc1CNC(C)c1ccc(OC)c(F)c1. The minimum atomic E-state index is -0.321. The van der Waals surface area contributed by atoms with Crippen LogP contribution in [0.1, 0.15) is 37.6 Å². The van der Waals surface area contributed by atoms with Crippen molar-refractivity contribution in [3.8, 4) is 5.75 Å². The standard InChI is InChI=1S/C17H23FN2O/c1-4-9-20-10-5-6-15(20)12-19-13(2)14-7-8-17(21-3)16(18)11-14/h5-8,10-11,13,19H,4,9,12H2,1-3H3. The highest BCUT2D eigenvalue weighted by Crippen LogP contribution is 2.22. The Kier molecular flexibility index (Phi) is 5.39. The maximum Gasteiger partial charge on any atom is 0.165 e. The van der Waals surface area contributed by atoms with E-state index in [0.29, 0.717) is 0 Å². The fraction of sp³-hybridized carbons (Fsp3) is 0.412. The number of nitrogens with zero attached hydrogens (tertiary/aromatic N) is 1. The molecule has 0 aliphatic carbocycles. The third kappa shape index (κ3) is 3.85. The van der Waals surface area contributed by atoms with Gasteiger partial charge in [-0.15, -0.1) is 0 Å². The van der Waals surface area contributed by atoms with E-state index in [1.807, 2.05) is 13.0 Å². The molecule has 0 aliphatic rings. The zero-order valence-electron chi connectivity index (χ0n) is 12.9. The smallest absolute Gasteiger partial charge is 0.165 e. The van der Waals surface area contributed by atoms with Crippen LogP contribution in [0, 0.1) is 5.82 Å². The number of halogens is 1. The Morgan fingerprint density at radius 1 is 1.33 bits per heavy atom. The van der Waals surface area contributed by atoms with E-state index in [4.69, 9.17) is 4.74 Å². The predicted octanol–water partition coefficient (Wildman–Crippen LogP) is 3.90. The Balaban J connectivity index is 1.99. The molecule has 2 aromatic rings. The van der Waals surface area contributed by atoms with E-state index in [9.17, 15) is 4.39 Å². The van der Waals surface area contributed by atoms with Crippen molar-refractivity contribution in [3.63, 3.8) is 0 Å². The fourth-order valence-corrected chi connectivity index (χ4v) is 2.40. The quantitative estimate of drug-likeness (QED) is 0.837. The summed E-state index contributed by atoms with van der Waals surface area (Å²) in [5.74, 6) is -0.0409.